The molecule has 3 nitrogen and oxygen atoms in total. The highest BCUT2D eigenvalue weighted by Crippen LogP contribution is 2.29. The van der Waals surface area contributed by atoms with Crippen LogP contribution < -0.4 is 5.56 Å². The summed E-state index contributed by atoms with van der Waals surface area (Å²) in [5.74, 6) is 0.0504. The SMILES string of the molecule is Cc1[nH]n(-c2ccc(C(F)(F)F)cc2)c(=O)c1C(C)C. The molecule has 0 amide bonds. The van der Waals surface area contributed by atoms with E-state index in [-0.39, 0.29) is 11.5 Å². The second-order valence-corrected chi connectivity index (χ2v) is 4.99. The molecule has 0 bridgehead atoms. The molecular formula is C14H15F3N2O. The smallest absolute Gasteiger partial charge is 0.295 e. The van der Waals surface area contributed by atoms with Crippen LogP contribution in [0, 0.1) is 6.92 Å². The summed E-state index contributed by atoms with van der Waals surface area (Å²) in [7, 11) is 0. The molecule has 108 valence electrons. The molecular weight excluding hydrogens is 269 g/mol. The van der Waals surface area contributed by atoms with Gasteiger partial charge in [0.2, 0.25) is 0 Å². The molecule has 0 unspecified atom stereocenters. The molecule has 0 radical (unpaired) electrons. The second-order valence-electron chi connectivity index (χ2n) is 4.99. The molecule has 0 aliphatic carbocycles. The van der Waals surface area contributed by atoms with E-state index in [0.717, 1.165) is 17.8 Å². The molecule has 1 heterocycles. The molecule has 0 spiro atoms. The van der Waals surface area contributed by atoms with Crippen LogP contribution in [0.5, 0.6) is 0 Å². The summed E-state index contributed by atoms with van der Waals surface area (Å²) in [6.07, 6.45) is -4.38. The molecule has 0 aliphatic heterocycles. The second kappa shape index (κ2) is 4.85. The summed E-state index contributed by atoms with van der Waals surface area (Å²) >= 11 is 0. The van der Waals surface area contributed by atoms with Crippen molar-refractivity contribution in [1.29, 1.82) is 0 Å². The molecule has 0 saturated carbocycles. The van der Waals surface area contributed by atoms with Crippen molar-refractivity contribution >= 4 is 0 Å². The standard InChI is InChI=1S/C14H15F3N2O/c1-8(2)12-9(3)18-19(13(12)20)11-6-4-10(5-7-11)14(15,16)17/h4-8,18H,1-3H3. The van der Waals surface area contributed by atoms with Gasteiger partial charge in [0, 0.05) is 11.3 Å². The minimum atomic E-state index is -4.38. The van der Waals surface area contributed by atoms with Gasteiger partial charge in [0.15, 0.2) is 0 Å². The summed E-state index contributed by atoms with van der Waals surface area (Å²) in [5, 5.41) is 2.89. The number of hydrogen-bond acceptors (Lipinski definition) is 1. The molecule has 6 heteroatoms. The zero-order valence-electron chi connectivity index (χ0n) is 11.4. The van der Waals surface area contributed by atoms with Crippen molar-refractivity contribution in [3.63, 3.8) is 0 Å². The largest absolute Gasteiger partial charge is 0.416 e. The molecule has 20 heavy (non-hydrogen) atoms. The van der Waals surface area contributed by atoms with Crippen molar-refractivity contribution in [3.05, 3.63) is 51.4 Å². The number of H-pyrrole nitrogens is 1. The number of nitrogens with zero attached hydrogens (tertiary/aromatic N) is 1. The van der Waals surface area contributed by atoms with Crippen LogP contribution in [0.4, 0.5) is 13.2 Å². The Morgan fingerprint density at radius 3 is 2.10 bits per heavy atom. The van der Waals surface area contributed by atoms with Crippen molar-refractivity contribution in [2.75, 3.05) is 0 Å². The summed E-state index contributed by atoms with van der Waals surface area (Å²) in [6, 6.07) is 4.49. The maximum atomic E-state index is 12.5. The third-order valence-corrected chi connectivity index (χ3v) is 3.15. The highest BCUT2D eigenvalue weighted by molar-refractivity contribution is 5.36. The first-order chi connectivity index (χ1) is 9.21. The molecule has 2 aromatic rings. The average molecular weight is 284 g/mol. The highest BCUT2D eigenvalue weighted by Gasteiger charge is 2.30. The number of alkyl halides is 3. The lowest BCUT2D eigenvalue weighted by Gasteiger charge is -2.07. The highest BCUT2D eigenvalue weighted by atomic mass is 19.4. The molecule has 1 aromatic carbocycles. The number of nitrogens with one attached hydrogen (secondary N) is 1. The first-order valence-corrected chi connectivity index (χ1v) is 6.21. The van der Waals surface area contributed by atoms with E-state index in [1.165, 1.54) is 16.8 Å². The predicted octanol–water partition coefficient (Wildman–Crippen LogP) is 3.62. The molecule has 1 N–H and O–H groups in total. The van der Waals surface area contributed by atoms with Crippen LogP contribution in [0.1, 0.15) is 36.6 Å². The van der Waals surface area contributed by atoms with Crippen LogP contribution >= 0.6 is 0 Å². The quantitative estimate of drug-likeness (QED) is 0.898. The van der Waals surface area contributed by atoms with E-state index in [0.29, 0.717) is 11.3 Å². The van der Waals surface area contributed by atoms with Gasteiger partial charge in [-0.25, -0.2) is 4.68 Å². The lowest BCUT2D eigenvalue weighted by molar-refractivity contribution is -0.137. The van der Waals surface area contributed by atoms with Crippen LogP contribution in [-0.2, 0) is 6.18 Å². The van der Waals surface area contributed by atoms with Crippen molar-refractivity contribution in [3.8, 4) is 5.69 Å². The van der Waals surface area contributed by atoms with Crippen LogP contribution in [0.3, 0.4) is 0 Å². The van der Waals surface area contributed by atoms with Crippen molar-refractivity contribution in [2.24, 2.45) is 0 Å². The number of rotatable bonds is 2. The van der Waals surface area contributed by atoms with Crippen LogP contribution in [0.15, 0.2) is 29.1 Å². The van der Waals surface area contributed by atoms with E-state index in [9.17, 15) is 18.0 Å². The van der Waals surface area contributed by atoms with Crippen molar-refractivity contribution in [2.45, 2.75) is 32.9 Å². The van der Waals surface area contributed by atoms with Crippen LogP contribution in [0.2, 0.25) is 0 Å². The van der Waals surface area contributed by atoms with Gasteiger partial charge in [0.05, 0.1) is 11.3 Å². The van der Waals surface area contributed by atoms with Gasteiger partial charge in [-0.05, 0) is 37.1 Å². The normalized spacial score (nSPS) is 12.2. The third-order valence-electron chi connectivity index (χ3n) is 3.15. The summed E-state index contributed by atoms with van der Waals surface area (Å²) < 4.78 is 38.8. The van der Waals surface area contributed by atoms with E-state index in [1.54, 1.807) is 6.92 Å². The van der Waals surface area contributed by atoms with E-state index in [4.69, 9.17) is 0 Å². The van der Waals surface area contributed by atoms with Gasteiger partial charge in [-0.2, -0.15) is 13.2 Å². The van der Waals surface area contributed by atoms with Gasteiger partial charge in [0.25, 0.3) is 5.56 Å². The van der Waals surface area contributed by atoms with Crippen LogP contribution in [0.25, 0.3) is 5.69 Å². The molecule has 1 aromatic heterocycles. The van der Waals surface area contributed by atoms with Gasteiger partial charge in [0.1, 0.15) is 0 Å². The lowest BCUT2D eigenvalue weighted by atomic mass is 10.1. The van der Waals surface area contributed by atoms with Crippen molar-refractivity contribution in [1.82, 2.24) is 9.78 Å². The van der Waals surface area contributed by atoms with Crippen LogP contribution in [-0.4, -0.2) is 9.78 Å². The number of halogens is 3. The number of hydrogen-bond donors (Lipinski definition) is 1. The molecule has 0 saturated heterocycles. The Kier molecular flexibility index (Phi) is 3.50. The summed E-state index contributed by atoms with van der Waals surface area (Å²) in [5.41, 5.74) is 0.798. The van der Waals surface area contributed by atoms with Gasteiger partial charge in [-0.15, -0.1) is 0 Å². The van der Waals surface area contributed by atoms with Gasteiger partial charge in [-0.3, -0.25) is 9.89 Å². The molecule has 0 aliphatic rings. The minimum Gasteiger partial charge on any atom is -0.295 e. The Morgan fingerprint density at radius 2 is 1.70 bits per heavy atom. The Labute approximate surface area is 114 Å². The zero-order chi connectivity index (χ0) is 15.1. The Morgan fingerprint density at radius 1 is 1.15 bits per heavy atom. The topological polar surface area (TPSA) is 37.8 Å². The molecule has 2 rings (SSSR count). The fraction of sp³-hybridized carbons (Fsp3) is 0.357. The molecule has 0 atom stereocenters. The van der Waals surface area contributed by atoms with Gasteiger partial charge < -0.3 is 0 Å². The fourth-order valence-corrected chi connectivity index (χ4v) is 2.22. The minimum absolute atomic E-state index is 0.0504. The van der Waals surface area contributed by atoms with E-state index in [2.05, 4.69) is 5.10 Å². The number of benzene rings is 1. The summed E-state index contributed by atoms with van der Waals surface area (Å²) in [4.78, 5) is 12.2. The van der Waals surface area contributed by atoms with Gasteiger partial charge >= 0.3 is 6.18 Å². The Balaban J connectivity index is 2.48. The van der Waals surface area contributed by atoms with E-state index in [1.807, 2.05) is 13.8 Å². The fourth-order valence-electron chi connectivity index (χ4n) is 2.22. The van der Waals surface area contributed by atoms with E-state index < -0.39 is 11.7 Å². The first kappa shape index (κ1) is 14.4. The average Bonchev–Trinajstić information content (AvgIpc) is 2.64. The van der Waals surface area contributed by atoms with Crippen molar-refractivity contribution < 1.29 is 13.2 Å². The maximum Gasteiger partial charge on any atom is 0.416 e. The predicted molar refractivity (Wildman–Crippen MR) is 70.2 cm³/mol. The number of aromatic nitrogens is 2. The molecule has 0 fully saturated rings. The Hall–Kier alpha value is -1.98. The number of aromatic amines is 1. The Bertz CT molecular complexity index is 663. The summed E-state index contributed by atoms with van der Waals surface area (Å²) in [6.45, 7) is 5.57. The third kappa shape index (κ3) is 2.50. The zero-order valence-corrected chi connectivity index (χ0v) is 11.4. The lowest BCUT2D eigenvalue weighted by Crippen LogP contribution is -2.18. The van der Waals surface area contributed by atoms with E-state index >= 15 is 0 Å². The van der Waals surface area contributed by atoms with Gasteiger partial charge in [-0.1, -0.05) is 13.8 Å². The number of aryl methyl sites for hydroxylation is 1. The maximum absolute atomic E-state index is 12.5. The monoisotopic (exact) mass is 284 g/mol. The first-order valence-electron chi connectivity index (χ1n) is 6.21.